The van der Waals surface area contributed by atoms with Crippen LogP contribution in [0.3, 0.4) is 0 Å². The molecule has 3 heteroatoms. The van der Waals surface area contributed by atoms with Crippen molar-refractivity contribution in [3.05, 3.63) is 18.2 Å². The average molecular weight is 221 g/mol. The van der Waals surface area contributed by atoms with Crippen molar-refractivity contribution in [2.45, 2.75) is 57.4 Å². The van der Waals surface area contributed by atoms with Crippen LogP contribution in [-0.4, -0.2) is 16.1 Å². The molecule has 3 nitrogen and oxygen atoms in total. The summed E-state index contributed by atoms with van der Waals surface area (Å²) in [6, 6.07) is 0.671. The van der Waals surface area contributed by atoms with Gasteiger partial charge in [-0.1, -0.05) is 32.1 Å². The number of nitrogens with two attached hydrogens (primary N) is 1. The molecule has 2 rings (SSSR count). The van der Waals surface area contributed by atoms with Crippen LogP contribution in [-0.2, 0) is 6.42 Å². The van der Waals surface area contributed by atoms with Crippen LogP contribution in [0.4, 0.5) is 0 Å². The van der Waals surface area contributed by atoms with Gasteiger partial charge in [-0.3, -0.25) is 0 Å². The molecular weight excluding hydrogens is 198 g/mol. The summed E-state index contributed by atoms with van der Waals surface area (Å²) in [4.78, 5) is 4.28. The minimum Gasteiger partial charge on any atom is -0.332 e. The van der Waals surface area contributed by atoms with E-state index in [9.17, 15) is 0 Å². The van der Waals surface area contributed by atoms with E-state index >= 15 is 0 Å². The summed E-state index contributed by atoms with van der Waals surface area (Å²) in [7, 11) is 0. The molecule has 90 valence electrons. The second kappa shape index (κ2) is 6.04. The molecule has 1 saturated carbocycles. The summed E-state index contributed by atoms with van der Waals surface area (Å²) < 4.78 is 2.37. The third-order valence-electron chi connectivity index (χ3n) is 3.61. The predicted molar refractivity (Wildman–Crippen MR) is 66.3 cm³/mol. The van der Waals surface area contributed by atoms with E-state index in [0.29, 0.717) is 6.04 Å². The predicted octanol–water partition coefficient (Wildman–Crippen LogP) is 2.67. The van der Waals surface area contributed by atoms with Crippen LogP contribution in [0.25, 0.3) is 0 Å². The van der Waals surface area contributed by atoms with Crippen LogP contribution in [0.1, 0.15) is 56.7 Å². The summed E-state index contributed by atoms with van der Waals surface area (Å²) in [6.45, 7) is 0.721. The highest BCUT2D eigenvalue weighted by Crippen LogP contribution is 2.27. The maximum atomic E-state index is 5.63. The topological polar surface area (TPSA) is 43.8 Å². The molecule has 1 aromatic rings. The molecule has 0 radical (unpaired) electrons. The molecule has 0 aliphatic heterocycles. The van der Waals surface area contributed by atoms with Crippen molar-refractivity contribution in [3.8, 4) is 0 Å². The maximum absolute atomic E-state index is 5.63. The number of hydrogen-bond donors (Lipinski definition) is 1. The van der Waals surface area contributed by atoms with Gasteiger partial charge in [-0.25, -0.2) is 4.98 Å². The van der Waals surface area contributed by atoms with Gasteiger partial charge in [-0.05, 0) is 19.4 Å². The van der Waals surface area contributed by atoms with Crippen molar-refractivity contribution >= 4 is 0 Å². The minimum absolute atomic E-state index is 0.671. The highest BCUT2D eigenvalue weighted by Gasteiger charge is 2.15. The Bertz CT molecular complexity index is 298. The first-order valence-corrected chi connectivity index (χ1v) is 6.62. The Balaban J connectivity index is 2.04. The van der Waals surface area contributed by atoms with E-state index in [0.717, 1.165) is 13.0 Å². The summed E-state index contributed by atoms with van der Waals surface area (Å²) in [5.41, 5.74) is 6.95. The third-order valence-corrected chi connectivity index (χ3v) is 3.61. The molecule has 0 aromatic carbocycles. The quantitative estimate of drug-likeness (QED) is 0.852. The van der Waals surface area contributed by atoms with Crippen molar-refractivity contribution in [1.82, 2.24) is 9.55 Å². The van der Waals surface area contributed by atoms with Crippen molar-refractivity contribution in [2.75, 3.05) is 6.54 Å². The fourth-order valence-electron chi connectivity index (χ4n) is 2.72. The van der Waals surface area contributed by atoms with E-state index < -0.39 is 0 Å². The van der Waals surface area contributed by atoms with Gasteiger partial charge in [0.1, 0.15) is 0 Å². The number of aromatic nitrogens is 2. The molecule has 1 fully saturated rings. The van der Waals surface area contributed by atoms with Crippen LogP contribution in [0.15, 0.2) is 12.5 Å². The van der Waals surface area contributed by atoms with E-state index in [-0.39, 0.29) is 0 Å². The van der Waals surface area contributed by atoms with Crippen LogP contribution in [0.5, 0.6) is 0 Å². The Kier molecular flexibility index (Phi) is 4.40. The van der Waals surface area contributed by atoms with Crippen molar-refractivity contribution < 1.29 is 0 Å². The lowest BCUT2D eigenvalue weighted by molar-refractivity contribution is 0.365. The van der Waals surface area contributed by atoms with Crippen molar-refractivity contribution in [2.24, 2.45) is 5.73 Å². The second-order valence-corrected chi connectivity index (χ2v) is 4.83. The normalized spacial score (nSPS) is 19.3. The lowest BCUT2D eigenvalue weighted by atomic mass is 9.96. The zero-order chi connectivity index (χ0) is 11.2. The molecule has 1 heterocycles. The summed E-state index contributed by atoms with van der Waals surface area (Å²) >= 11 is 0. The smallest absolute Gasteiger partial charge is 0.0950 e. The van der Waals surface area contributed by atoms with Gasteiger partial charge in [0.05, 0.1) is 6.33 Å². The number of hydrogen-bond acceptors (Lipinski definition) is 2. The molecule has 0 bridgehead atoms. The van der Waals surface area contributed by atoms with E-state index in [4.69, 9.17) is 5.73 Å². The first-order chi connectivity index (χ1) is 7.92. The molecular formula is C13H23N3. The van der Waals surface area contributed by atoms with Gasteiger partial charge in [0.15, 0.2) is 0 Å². The molecule has 0 amide bonds. The standard InChI is InChI=1S/C13H23N3/c14-9-8-13-10-15-11-16(13)12-6-4-2-1-3-5-7-12/h10-12H,1-9,14H2. The van der Waals surface area contributed by atoms with E-state index in [2.05, 4.69) is 9.55 Å². The number of rotatable bonds is 3. The highest BCUT2D eigenvalue weighted by atomic mass is 15.1. The molecule has 0 unspecified atom stereocenters. The summed E-state index contributed by atoms with van der Waals surface area (Å²) in [5, 5.41) is 0. The van der Waals surface area contributed by atoms with Gasteiger partial charge >= 0.3 is 0 Å². The van der Waals surface area contributed by atoms with E-state index in [1.54, 1.807) is 0 Å². The van der Waals surface area contributed by atoms with E-state index in [1.165, 1.54) is 50.6 Å². The van der Waals surface area contributed by atoms with Gasteiger partial charge in [0.25, 0.3) is 0 Å². The molecule has 16 heavy (non-hydrogen) atoms. The monoisotopic (exact) mass is 221 g/mol. The largest absolute Gasteiger partial charge is 0.332 e. The van der Waals surface area contributed by atoms with E-state index in [1.807, 2.05) is 12.5 Å². The molecule has 0 spiro atoms. The van der Waals surface area contributed by atoms with Gasteiger partial charge in [0.2, 0.25) is 0 Å². The maximum Gasteiger partial charge on any atom is 0.0950 e. The lowest BCUT2D eigenvalue weighted by Crippen LogP contribution is -2.15. The molecule has 0 saturated heterocycles. The lowest BCUT2D eigenvalue weighted by Gasteiger charge is -2.23. The van der Waals surface area contributed by atoms with Crippen LogP contribution in [0.2, 0.25) is 0 Å². The van der Waals surface area contributed by atoms with Crippen LogP contribution >= 0.6 is 0 Å². The second-order valence-electron chi connectivity index (χ2n) is 4.83. The Morgan fingerprint density at radius 1 is 1.19 bits per heavy atom. The van der Waals surface area contributed by atoms with Gasteiger partial charge < -0.3 is 10.3 Å². The molecule has 2 N–H and O–H groups in total. The summed E-state index contributed by atoms with van der Waals surface area (Å²) in [6.07, 6.45) is 14.5. The number of imidazole rings is 1. The molecule has 1 aliphatic rings. The Labute approximate surface area is 98.1 Å². The van der Waals surface area contributed by atoms with Crippen molar-refractivity contribution in [1.29, 1.82) is 0 Å². The van der Waals surface area contributed by atoms with Gasteiger partial charge in [0, 0.05) is 24.4 Å². The molecule has 1 aromatic heterocycles. The molecule has 0 atom stereocenters. The fraction of sp³-hybridized carbons (Fsp3) is 0.769. The van der Waals surface area contributed by atoms with Gasteiger partial charge in [-0.15, -0.1) is 0 Å². The fourth-order valence-corrected chi connectivity index (χ4v) is 2.72. The Morgan fingerprint density at radius 2 is 1.88 bits per heavy atom. The number of nitrogens with zero attached hydrogens (tertiary/aromatic N) is 2. The zero-order valence-electron chi connectivity index (χ0n) is 10.1. The first kappa shape index (κ1) is 11.6. The SMILES string of the molecule is NCCc1cncn1C1CCCCCCC1. The highest BCUT2D eigenvalue weighted by molar-refractivity contribution is 5.01. The third kappa shape index (κ3) is 2.85. The Hall–Kier alpha value is -0.830. The first-order valence-electron chi connectivity index (χ1n) is 6.62. The minimum atomic E-state index is 0.671. The van der Waals surface area contributed by atoms with Crippen LogP contribution in [0, 0.1) is 0 Å². The average Bonchev–Trinajstić information content (AvgIpc) is 2.66. The Morgan fingerprint density at radius 3 is 2.56 bits per heavy atom. The van der Waals surface area contributed by atoms with Gasteiger partial charge in [-0.2, -0.15) is 0 Å². The van der Waals surface area contributed by atoms with Crippen molar-refractivity contribution in [3.63, 3.8) is 0 Å². The zero-order valence-corrected chi connectivity index (χ0v) is 10.1. The summed E-state index contributed by atoms with van der Waals surface area (Å²) in [5.74, 6) is 0. The van der Waals surface area contributed by atoms with Crippen LogP contribution < -0.4 is 5.73 Å². The molecule has 1 aliphatic carbocycles.